The molecule has 1 aromatic heterocycles. The van der Waals surface area contributed by atoms with Gasteiger partial charge in [0.1, 0.15) is 11.9 Å². The zero-order valence-corrected chi connectivity index (χ0v) is 24.0. The number of aryl methyl sites for hydroxylation is 2. The van der Waals surface area contributed by atoms with E-state index in [4.69, 9.17) is 14.2 Å². The molecule has 0 saturated carbocycles. The van der Waals surface area contributed by atoms with Crippen molar-refractivity contribution in [2.24, 2.45) is 0 Å². The fraction of sp³-hybridized carbons (Fsp3) is 0.400. The van der Waals surface area contributed by atoms with E-state index < -0.39 is 6.04 Å². The highest BCUT2D eigenvalue weighted by molar-refractivity contribution is 7.09. The minimum Gasteiger partial charge on any atom is -0.493 e. The lowest BCUT2D eigenvalue weighted by Gasteiger charge is -2.38. The van der Waals surface area contributed by atoms with E-state index in [9.17, 15) is 14.4 Å². The zero-order valence-electron chi connectivity index (χ0n) is 23.2. The van der Waals surface area contributed by atoms with Gasteiger partial charge in [0, 0.05) is 37.9 Å². The minimum atomic E-state index is -0.449. The Hall–Kier alpha value is -4.12. The van der Waals surface area contributed by atoms with Gasteiger partial charge in [0.25, 0.3) is 5.91 Å². The Morgan fingerprint density at radius 2 is 1.93 bits per heavy atom. The van der Waals surface area contributed by atoms with Crippen LogP contribution in [0.25, 0.3) is 0 Å². The number of methoxy groups -OCH3 is 1. The molecule has 216 valence electrons. The fourth-order valence-corrected chi connectivity index (χ4v) is 5.59. The Morgan fingerprint density at radius 3 is 2.68 bits per heavy atom. The van der Waals surface area contributed by atoms with E-state index in [-0.39, 0.29) is 36.9 Å². The SMILES string of the molecule is COc1cc2ccc1OCC(=O)N[C@@H]1CN(C(=O)Cc3csc(C)n3)CC[C@H]1Oc1ccc(cc1)CNC(=O)CC2. The number of benzene rings is 2. The summed E-state index contributed by atoms with van der Waals surface area (Å²) in [4.78, 5) is 44.8. The number of ether oxygens (including phenoxy) is 3. The summed E-state index contributed by atoms with van der Waals surface area (Å²) in [6.45, 7) is 2.90. The molecule has 1 fully saturated rings. The Morgan fingerprint density at radius 1 is 1.12 bits per heavy atom. The van der Waals surface area contributed by atoms with E-state index in [1.165, 1.54) is 18.4 Å². The Balaban J connectivity index is 1.34. The van der Waals surface area contributed by atoms with Crippen LogP contribution in [0.3, 0.4) is 0 Å². The Labute approximate surface area is 243 Å². The molecule has 10 nitrogen and oxygen atoms in total. The van der Waals surface area contributed by atoms with Crippen LogP contribution < -0.4 is 24.8 Å². The quantitative estimate of drug-likeness (QED) is 0.491. The van der Waals surface area contributed by atoms with Gasteiger partial charge in [0.2, 0.25) is 11.8 Å². The van der Waals surface area contributed by atoms with Crippen molar-refractivity contribution in [1.29, 1.82) is 0 Å². The lowest BCUT2D eigenvalue weighted by atomic mass is 10.0. The summed E-state index contributed by atoms with van der Waals surface area (Å²) in [5.74, 6) is 1.14. The van der Waals surface area contributed by atoms with Gasteiger partial charge in [-0.25, -0.2) is 4.98 Å². The second-order valence-corrected chi connectivity index (χ2v) is 11.3. The number of hydrogen-bond acceptors (Lipinski definition) is 8. The summed E-state index contributed by atoms with van der Waals surface area (Å²) in [7, 11) is 1.53. The third-order valence-electron chi connectivity index (χ3n) is 7.18. The number of carbonyl (C=O) groups excluding carboxylic acids is 3. The normalized spacial score (nSPS) is 19.8. The van der Waals surface area contributed by atoms with Gasteiger partial charge in [0.15, 0.2) is 18.1 Å². The van der Waals surface area contributed by atoms with Crippen molar-refractivity contribution in [3.05, 3.63) is 69.7 Å². The molecule has 0 aliphatic carbocycles. The van der Waals surface area contributed by atoms with Gasteiger partial charge < -0.3 is 29.7 Å². The smallest absolute Gasteiger partial charge is 0.258 e. The van der Waals surface area contributed by atoms with Gasteiger partial charge in [-0.1, -0.05) is 18.2 Å². The number of nitrogens with zero attached hydrogens (tertiary/aromatic N) is 2. The van der Waals surface area contributed by atoms with E-state index in [2.05, 4.69) is 15.6 Å². The van der Waals surface area contributed by atoms with Crippen molar-refractivity contribution in [3.8, 4) is 17.2 Å². The molecule has 0 spiro atoms. The lowest BCUT2D eigenvalue weighted by Crippen LogP contribution is -2.58. The van der Waals surface area contributed by atoms with Gasteiger partial charge in [-0.15, -0.1) is 11.3 Å². The number of thiazole rings is 1. The van der Waals surface area contributed by atoms with Crippen LogP contribution in [0.1, 0.15) is 34.7 Å². The van der Waals surface area contributed by atoms with Crippen molar-refractivity contribution in [3.63, 3.8) is 0 Å². The first kappa shape index (κ1) is 28.4. The lowest BCUT2D eigenvalue weighted by molar-refractivity contribution is -0.135. The topological polar surface area (TPSA) is 119 Å². The summed E-state index contributed by atoms with van der Waals surface area (Å²) in [6.07, 6.45) is 1.28. The van der Waals surface area contributed by atoms with E-state index in [0.717, 1.165) is 21.8 Å². The number of amides is 3. The van der Waals surface area contributed by atoms with Crippen LogP contribution >= 0.6 is 11.3 Å². The number of rotatable bonds is 3. The van der Waals surface area contributed by atoms with Crippen LogP contribution in [-0.4, -0.2) is 66.6 Å². The summed E-state index contributed by atoms with van der Waals surface area (Å²) >= 11 is 1.52. The molecule has 4 bridgehead atoms. The summed E-state index contributed by atoms with van der Waals surface area (Å²) in [6, 6.07) is 12.5. The third-order valence-corrected chi connectivity index (χ3v) is 8.00. The predicted molar refractivity (Wildman–Crippen MR) is 153 cm³/mol. The van der Waals surface area contributed by atoms with E-state index in [1.54, 1.807) is 11.0 Å². The summed E-state index contributed by atoms with van der Waals surface area (Å²) < 4.78 is 17.6. The maximum Gasteiger partial charge on any atom is 0.258 e. The maximum absolute atomic E-state index is 13.1. The van der Waals surface area contributed by atoms with Crippen LogP contribution in [0.4, 0.5) is 0 Å². The molecule has 5 aliphatic rings. The molecular weight excluding hydrogens is 544 g/mol. The first-order valence-electron chi connectivity index (χ1n) is 13.7. The zero-order chi connectivity index (χ0) is 28.8. The van der Waals surface area contributed by atoms with Crippen molar-refractivity contribution in [2.75, 3.05) is 26.8 Å². The van der Waals surface area contributed by atoms with Gasteiger partial charge >= 0.3 is 0 Å². The molecule has 3 aromatic rings. The monoisotopic (exact) mass is 578 g/mol. The molecule has 1 saturated heterocycles. The molecule has 2 atom stereocenters. The van der Waals surface area contributed by atoms with Crippen molar-refractivity contribution < 1.29 is 28.6 Å². The van der Waals surface area contributed by atoms with Crippen LogP contribution in [0.15, 0.2) is 47.8 Å². The molecule has 2 N–H and O–H groups in total. The summed E-state index contributed by atoms with van der Waals surface area (Å²) in [5, 5.41) is 8.81. The molecule has 0 radical (unpaired) electrons. The van der Waals surface area contributed by atoms with E-state index in [0.29, 0.717) is 56.1 Å². The number of nitrogens with one attached hydrogen (secondary N) is 2. The molecule has 8 rings (SSSR count). The molecule has 11 heteroatoms. The van der Waals surface area contributed by atoms with Crippen molar-refractivity contribution >= 4 is 29.1 Å². The average molecular weight is 579 g/mol. The minimum absolute atomic E-state index is 0.0399. The molecule has 2 aromatic carbocycles. The highest BCUT2D eigenvalue weighted by atomic mass is 32.1. The number of hydrogen-bond donors (Lipinski definition) is 2. The number of likely N-dealkylation sites (tertiary alicyclic amines) is 1. The Kier molecular flexibility index (Phi) is 9.03. The number of piperidine rings is 1. The molecular formula is C30H34N4O6S. The maximum atomic E-state index is 13.1. The standard InChI is InChI=1S/C30H34N4O6S/c1-19-32-22(18-41-19)14-30(37)34-12-11-25-24(16-34)33-29(36)17-39-26-9-5-20(13-27(26)38-2)6-10-28(35)31-15-21-3-7-23(40-25)8-4-21/h3-5,7-9,13,18,24-25H,6,10-12,14-17H2,1-2H3,(H,31,35)(H,33,36)/t24-,25-/m1/s1. The number of aromatic nitrogens is 1. The van der Waals surface area contributed by atoms with Crippen molar-refractivity contribution in [1.82, 2.24) is 20.5 Å². The van der Waals surface area contributed by atoms with Crippen LogP contribution in [0.5, 0.6) is 17.2 Å². The van der Waals surface area contributed by atoms with Gasteiger partial charge in [-0.2, -0.15) is 0 Å². The molecule has 5 aliphatic heterocycles. The van der Waals surface area contributed by atoms with Crippen LogP contribution in [0, 0.1) is 6.92 Å². The molecule has 0 unspecified atom stereocenters. The first-order chi connectivity index (χ1) is 19.9. The highest BCUT2D eigenvalue weighted by Gasteiger charge is 2.34. The van der Waals surface area contributed by atoms with Gasteiger partial charge in [-0.3, -0.25) is 14.4 Å². The molecule has 3 amide bonds. The summed E-state index contributed by atoms with van der Waals surface area (Å²) in [5.41, 5.74) is 2.62. The van der Waals surface area contributed by atoms with E-state index >= 15 is 0 Å². The van der Waals surface area contributed by atoms with Crippen LogP contribution in [0.2, 0.25) is 0 Å². The number of carbonyl (C=O) groups is 3. The predicted octanol–water partition coefficient (Wildman–Crippen LogP) is 2.81. The Bertz CT molecular complexity index is 1390. The average Bonchev–Trinajstić information content (AvgIpc) is 3.39. The van der Waals surface area contributed by atoms with Crippen molar-refractivity contribution in [2.45, 2.75) is 51.3 Å². The van der Waals surface area contributed by atoms with Gasteiger partial charge in [0.05, 0.1) is 30.3 Å². The second kappa shape index (κ2) is 13.0. The van der Waals surface area contributed by atoms with Gasteiger partial charge in [-0.05, 0) is 48.7 Å². The largest absolute Gasteiger partial charge is 0.493 e. The highest BCUT2D eigenvalue weighted by Crippen LogP contribution is 2.29. The second-order valence-electron chi connectivity index (χ2n) is 10.2. The fourth-order valence-electron chi connectivity index (χ4n) is 4.98. The third kappa shape index (κ3) is 7.55. The molecule has 41 heavy (non-hydrogen) atoms. The van der Waals surface area contributed by atoms with Crippen LogP contribution in [-0.2, 0) is 33.8 Å². The van der Waals surface area contributed by atoms with E-state index in [1.807, 2.05) is 48.7 Å². The molecule has 6 heterocycles. The first-order valence-corrected chi connectivity index (χ1v) is 14.5.